The predicted molar refractivity (Wildman–Crippen MR) is 118 cm³/mol. The topological polar surface area (TPSA) is 65.6 Å². The van der Waals surface area contributed by atoms with Crippen LogP contribution in [0.3, 0.4) is 0 Å². The van der Waals surface area contributed by atoms with Crippen LogP contribution in [0.15, 0.2) is 65.8 Å². The molecule has 0 spiro atoms. The lowest BCUT2D eigenvalue weighted by Crippen LogP contribution is -2.08. The Labute approximate surface area is 179 Å². The van der Waals surface area contributed by atoms with Crippen molar-refractivity contribution in [3.05, 3.63) is 88.7 Å². The molecule has 0 atom stereocenters. The van der Waals surface area contributed by atoms with Crippen LogP contribution in [0.1, 0.15) is 32.9 Å². The summed E-state index contributed by atoms with van der Waals surface area (Å²) >= 11 is 1.36. The van der Waals surface area contributed by atoms with Crippen LogP contribution in [0.5, 0.6) is 0 Å². The van der Waals surface area contributed by atoms with Crippen LogP contribution in [0, 0.1) is 20.8 Å². The van der Waals surface area contributed by atoms with Crippen molar-refractivity contribution in [1.82, 2.24) is 24.8 Å². The Morgan fingerprint density at radius 3 is 2.50 bits per heavy atom. The Morgan fingerprint density at radius 1 is 1.00 bits per heavy atom. The van der Waals surface area contributed by atoms with Crippen molar-refractivity contribution in [3.8, 4) is 5.69 Å². The van der Waals surface area contributed by atoms with Gasteiger partial charge in [-0.25, -0.2) is 0 Å². The average molecular weight is 418 g/mol. The van der Waals surface area contributed by atoms with Gasteiger partial charge in [0, 0.05) is 23.5 Å². The molecule has 0 saturated carbocycles. The molecule has 4 aromatic rings. The van der Waals surface area contributed by atoms with Gasteiger partial charge in [0.15, 0.2) is 5.78 Å². The van der Waals surface area contributed by atoms with E-state index in [1.54, 1.807) is 4.68 Å². The van der Waals surface area contributed by atoms with Crippen molar-refractivity contribution < 1.29 is 4.79 Å². The fraction of sp³-hybridized carbons (Fsp3) is 0.217. The van der Waals surface area contributed by atoms with E-state index in [0.29, 0.717) is 5.16 Å². The summed E-state index contributed by atoms with van der Waals surface area (Å²) in [6, 6.07) is 20.2. The molecule has 2 aromatic carbocycles. The van der Waals surface area contributed by atoms with E-state index in [0.717, 1.165) is 34.7 Å². The van der Waals surface area contributed by atoms with Crippen molar-refractivity contribution in [3.63, 3.8) is 0 Å². The zero-order chi connectivity index (χ0) is 21.1. The van der Waals surface area contributed by atoms with E-state index >= 15 is 0 Å². The Morgan fingerprint density at radius 2 is 1.73 bits per heavy atom. The van der Waals surface area contributed by atoms with E-state index in [1.165, 1.54) is 17.3 Å². The molecule has 2 aromatic heterocycles. The fourth-order valence-electron chi connectivity index (χ4n) is 3.52. The first-order valence-electron chi connectivity index (χ1n) is 9.75. The van der Waals surface area contributed by atoms with Gasteiger partial charge in [0.2, 0.25) is 5.16 Å². The lowest BCUT2D eigenvalue weighted by Gasteiger charge is -2.10. The van der Waals surface area contributed by atoms with Crippen LogP contribution in [-0.4, -0.2) is 36.3 Å². The van der Waals surface area contributed by atoms with E-state index in [1.807, 2.05) is 69.3 Å². The van der Waals surface area contributed by atoms with Crippen LogP contribution in [0.25, 0.3) is 5.69 Å². The van der Waals surface area contributed by atoms with Gasteiger partial charge in [-0.05, 0) is 54.5 Å². The maximum atomic E-state index is 13.0. The molecule has 152 valence electrons. The minimum atomic E-state index is 0.0757. The number of hydrogen-bond acceptors (Lipinski definition) is 5. The quantitative estimate of drug-likeness (QED) is 0.329. The number of ketones is 1. The number of benzene rings is 2. The molecule has 0 aliphatic carbocycles. The third kappa shape index (κ3) is 4.07. The van der Waals surface area contributed by atoms with Crippen molar-refractivity contribution >= 4 is 17.5 Å². The Bertz CT molecular complexity index is 1180. The second-order valence-corrected chi connectivity index (χ2v) is 8.17. The third-order valence-corrected chi connectivity index (χ3v) is 6.09. The van der Waals surface area contributed by atoms with E-state index in [2.05, 4.69) is 32.2 Å². The molecule has 0 amide bonds. The van der Waals surface area contributed by atoms with Crippen molar-refractivity contribution in [2.75, 3.05) is 5.75 Å². The van der Waals surface area contributed by atoms with Gasteiger partial charge in [0.05, 0.1) is 11.4 Å². The van der Waals surface area contributed by atoms with Crippen LogP contribution in [-0.2, 0) is 6.54 Å². The Kier molecular flexibility index (Phi) is 5.81. The maximum absolute atomic E-state index is 13.0. The molecule has 0 N–H and O–H groups in total. The minimum absolute atomic E-state index is 0.0757. The summed E-state index contributed by atoms with van der Waals surface area (Å²) in [6.07, 6.45) is 0. The highest BCUT2D eigenvalue weighted by atomic mass is 32.2. The van der Waals surface area contributed by atoms with E-state index < -0.39 is 0 Å². The van der Waals surface area contributed by atoms with Gasteiger partial charge in [-0.1, -0.05) is 60.3 Å². The molecule has 0 aliphatic rings. The van der Waals surface area contributed by atoms with Gasteiger partial charge in [-0.3, -0.25) is 4.79 Å². The molecule has 0 bridgehead atoms. The second-order valence-electron chi connectivity index (χ2n) is 7.23. The minimum Gasteiger partial charge on any atom is -0.344 e. The van der Waals surface area contributed by atoms with E-state index in [-0.39, 0.29) is 11.5 Å². The fourth-order valence-corrected chi connectivity index (χ4v) is 4.29. The highest BCUT2D eigenvalue weighted by Crippen LogP contribution is 2.23. The molecule has 7 heteroatoms. The average Bonchev–Trinajstić information content (AvgIpc) is 3.33. The highest BCUT2D eigenvalue weighted by molar-refractivity contribution is 7.99. The van der Waals surface area contributed by atoms with Crippen molar-refractivity contribution in [2.24, 2.45) is 0 Å². The smallest absolute Gasteiger partial charge is 0.214 e. The van der Waals surface area contributed by atoms with Crippen LogP contribution in [0.2, 0.25) is 0 Å². The molecular weight excluding hydrogens is 394 g/mol. The highest BCUT2D eigenvalue weighted by Gasteiger charge is 2.18. The first-order valence-corrected chi connectivity index (χ1v) is 10.7. The Balaban J connectivity index is 1.50. The van der Waals surface area contributed by atoms with Crippen molar-refractivity contribution in [1.29, 1.82) is 0 Å². The molecule has 0 aliphatic heterocycles. The van der Waals surface area contributed by atoms with Gasteiger partial charge in [-0.15, -0.1) is 5.10 Å². The van der Waals surface area contributed by atoms with Gasteiger partial charge >= 0.3 is 0 Å². The zero-order valence-corrected chi connectivity index (χ0v) is 18.1. The molecular formula is C23H23N5OS. The van der Waals surface area contributed by atoms with Gasteiger partial charge in [0.1, 0.15) is 0 Å². The molecule has 30 heavy (non-hydrogen) atoms. The summed E-state index contributed by atoms with van der Waals surface area (Å²) in [5, 5.41) is 12.6. The number of Topliss-reactive ketones (excluding diaryl/α,β-unsaturated/α-hetero) is 1. The number of carbonyl (C=O) groups is 1. The standard InChI is InChI=1S/C23H23N5OS/c1-16-9-7-8-12-21(16)28-23(24-25-26-28)30-15-22(29)20-13-17(2)27(18(20)3)14-19-10-5-4-6-11-19/h4-13H,14-15H2,1-3H3. The number of tetrazole rings is 1. The van der Waals surface area contributed by atoms with Gasteiger partial charge < -0.3 is 4.57 Å². The number of nitrogens with zero attached hydrogens (tertiary/aromatic N) is 5. The second kappa shape index (κ2) is 8.67. The summed E-state index contributed by atoms with van der Waals surface area (Å²) in [6.45, 7) is 6.81. The van der Waals surface area contributed by atoms with Gasteiger partial charge in [-0.2, -0.15) is 4.68 Å². The van der Waals surface area contributed by atoms with Gasteiger partial charge in [0.25, 0.3) is 0 Å². The van der Waals surface area contributed by atoms with Crippen LogP contribution in [0.4, 0.5) is 0 Å². The molecule has 0 radical (unpaired) electrons. The normalized spacial score (nSPS) is 11.0. The molecule has 0 fully saturated rings. The summed E-state index contributed by atoms with van der Waals surface area (Å²) in [7, 11) is 0. The van der Waals surface area contributed by atoms with E-state index in [9.17, 15) is 4.79 Å². The SMILES string of the molecule is Cc1ccccc1-n1nnnc1SCC(=O)c1cc(C)n(Cc2ccccc2)c1C. The third-order valence-electron chi connectivity index (χ3n) is 5.17. The summed E-state index contributed by atoms with van der Waals surface area (Å²) in [5.74, 6) is 0.355. The number of rotatable bonds is 7. The zero-order valence-electron chi connectivity index (χ0n) is 17.2. The molecule has 2 heterocycles. The number of carbonyl (C=O) groups excluding carboxylic acids is 1. The largest absolute Gasteiger partial charge is 0.344 e. The lowest BCUT2D eigenvalue weighted by atomic mass is 10.2. The summed E-state index contributed by atoms with van der Waals surface area (Å²) < 4.78 is 3.87. The van der Waals surface area contributed by atoms with E-state index in [4.69, 9.17) is 0 Å². The number of aryl methyl sites for hydroxylation is 2. The lowest BCUT2D eigenvalue weighted by molar-refractivity contribution is 0.102. The molecule has 6 nitrogen and oxygen atoms in total. The molecule has 4 rings (SSSR count). The maximum Gasteiger partial charge on any atom is 0.214 e. The molecule has 0 saturated heterocycles. The first kappa shape index (κ1) is 20.1. The Hall–Kier alpha value is -3.19. The number of thioether (sulfide) groups is 1. The van der Waals surface area contributed by atoms with Crippen molar-refractivity contribution in [2.45, 2.75) is 32.5 Å². The molecule has 0 unspecified atom stereocenters. The summed E-state index contributed by atoms with van der Waals surface area (Å²) in [4.78, 5) is 13.0. The summed E-state index contributed by atoms with van der Waals surface area (Å²) in [5.41, 5.74) is 6.02. The van der Waals surface area contributed by atoms with Crippen LogP contribution >= 0.6 is 11.8 Å². The monoisotopic (exact) mass is 417 g/mol. The number of hydrogen-bond donors (Lipinski definition) is 0. The first-order chi connectivity index (χ1) is 14.5. The predicted octanol–water partition coefficient (Wildman–Crippen LogP) is 4.41. The van der Waals surface area contributed by atoms with Crippen LogP contribution < -0.4 is 0 Å². The number of aromatic nitrogens is 5. The number of para-hydroxylation sites is 1.